The SMILES string of the molecule is COc1cc(C)cc(C)c1C(O)c1cc(C)nnc1C. The molecule has 1 N–H and O–H groups in total. The monoisotopic (exact) mass is 272 g/mol. The van der Waals surface area contributed by atoms with Gasteiger partial charge in [-0.05, 0) is 51.0 Å². The third kappa shape index (κ3) is 2.65. The lowest BCUT2D eigenvalue weighted by Gasteiger charge is -2.19. The number of benzene rings is 1. The lowest BCUT2D eigenvalue weighted by atomic mass is 9.94. The van der Waals surface area contributed by atoms with E-state index in [9.17, 15) is 5.11 Å². The number of nitrogens with zero attached hydrogens (tertiary/aromatic N) is 2. The minimum Gasteiger partial charge on any atom is -0.496 e. The molecule has 106 valence electrons. The lowest BCUT2D eigenvalue weighted by Crippen LogP contribution is -2.09. The Balaban J connectivity index is 2.58. The Labute approximate surface area is 119 Å². The fraction of sp³-hybridized carbons (Fsp3) is 0.375. The number of ether oxygens (including phenoxy) is 1. The molecular formula is C16H20N2O2. The molecule has 1 heterocycles. The van der Waals surface area contributed by atoms with Crippen molar-refractivity contribution in [2.24, 2.45) is 0 Å². The van der Waals surface area contributed by atoms with Gasteiger partial charge in [0.05, 0.1) is 18.5 Å². The molecule has 0 radical (unpaired) electrons. The van der Waals surface area contributed by atoms with Crippen LogP contribution in [0.5, 0.6) is 5.75 Å². The molecule has 0 aliphatic rings. The van der Waals surface area contributed by atoms with Gasteiger partial charge in [-0.15, -0.1) is 0 Å². The molecule has 4 heteroatoms. The van der Waals surface area contributed by atoms with Gasteiger partial charge >= 0.3 is 0 Å². The van der Waals surface area contributed by atoms with Crippen molar-refractivity contribution in [1.29, 1.82) is 0 Å². The second-order valence-corrected chi connectivity index (χ2v) is 5.13. The highest BCUT2D eigenvalue weighted by atomic mass is 16.5. The molecule has 0 saturated carbocycles. The zero-order valence-electron chi connectivity index (χ0n) is 12.6. The van der Waals surface area contributed by atoms with Crippen molar-refractivity contribution in [3.8, 4) is 5.75 Å². The summed E-state index contributed by atoms with van der Waals surface area (Å²) in [5, 5.41) is 18.8. The summed E-state index contributed by atoms with van der Waals surface area (Å²) in [6.07, 6.45) is -0.764. The molecule has 0 spiro atoms. The molecule has 1 atom stereocenters. The van der Waals surface area contributed by atoms with Crippen LogP contribution in [0.25, 0.3) is 0 Å². The molecule has 0 saturated heterocycles. The summed E-state index contributed by atoms with van der Waals surface area (Å²) in [5.74, 6) is 0.698. The third-order valence-corrected chi connectivity index (χ3v) is 3.42. The Morgan fingerprint density at radius 1 is 1.05 bits per heavy atom. The second-order valence-electron chi connectivity index (χ2n) is 5.13. The molecule has 1 aromatic carbocycles. The van der Waals surface area contributed by atoms with E-state index in [2.05, 4.69) is 10.2 Å². The molecule has 0 fully saturated rings. The van der Waals surface area contributed by atoms with Crippen molar-refractivity contribution in [3.05, 3.63) is 51.8 Å². The highest BCUT2D eigenvalue weighted by Gasteiger charge is 2.21. The van der Waals surface area contributed by atoms with Gasteiger partial charge in [0, 0.05) is 11.1 Å². The Bertz CT molecular complexity index is 639. The number of hydrogen-bond acceptors (Lipinski definition) is 4. The maximum Gasteiger partial charge on any atom is 0.125 e. The molecule has 2 aromatic rings. The van der Waals surface area contributed by atoms with Crippen LogP contribution in [0.1, 0.15) is 39.7 Å². The van der Waals surface area contributed by atoms with Gasteiger partial charge in [-0.1, -0.05) is 6.07 Å². The number of aryl methyl sites for hydroxylation is 4. The van der Waals surface area contributed by atoms with Crippen LogP contribution in [0.15, 0.2) is 18.2 Å². The molecule has 0 aliphatic heterocycles. The number of aromatic nitrogens is 2. The zero-order chi connectivity index (χ0) is 14.9. The van der Waals surface area contributed by atoms with E-state index in [4.69, 9.17) is 4.74 Å². The predicted octanol–water partition coefficient (Wildman–Crippen LogP) is 2.80. The van der Waals surface area contributed by atoms with E-state index in [1.807, 2.05) is 45.9 Å². The topological polar surface area (TPSA) is 55.2 Å². The quantitative estimate of drug-likeness (QED) is 0.933. The van der Waals surface area contributed by atoms with Crippen LogP contribution in [-0.2, 0) is 0 Å². The Kier molecular flexibility index (Phi) is 4.04. The third-order valence-electron chi connectivity index (χ3n) is 3.42. The summed E-state index contributed by atoms with van der Waals surface area (Å²) in [5.41, 5.74) is 5.18. The Morgan fingerprint density at radius 3 is 2.40 bits per heavy atom. The summed E-state index contributed by atoms with van der Waals surface area (Å²) in [4.78, 5) is 0. The molecule has 20 heavy (non-hydrogen) atoms. The van der Waals surface area contributed by atoms with Crippen LogP contribution in [0.3, 0.4) is 0 Å². The highest BCUT2D eigenvalue weighted by Crippen LogP contribution is 2.34. The van der Waals surface area contributed by atoms with Crippen LogP contribution in [0.2, 0.25) is 0 Å². The lowest BCUT2D eigenvalue weighted by molar-refractivity contribution is 0.212. The van der Waals surface area contributed by atoms with Gasteiger partial charge in [0.15, 0.2) is 0 Å². The number of aliphatic hydroxyl groups is 1. The summed E-state index contributed by atoms with van der Waals surface area (Å²) in [6.45, 7) is 7.70. The minimum absolute atomic E-state index is 0.698. The molecule has 1 aromatic heterocycles. The average Bonchev–Trinajstić information content (AvgIpc) is 2.40. The first-order chi connectivity index (χ1) is 9.43. The van der Waals surface area contributed by atoms with Crippen molar-refractivity contribution in [1.82, 2.24) is 10.2 Å². The van der Waals surface area contributed by atoms with Gasteiger partial charge in [-0.2, -0.15) is 10.2 Å². The van der Waals surface area contributed by atoms with Gasteiger partial charge in [0.1, 0.15) is 11.9 Å². The van der Waals surface area contributed by atoms with Crippen LogP contribution in [-0.4, -0.2) is 22.4 Å². The van der Waals surface area contributed by atoms with Gasteiger partial charge in [0.25, 0.3) is 0 Å². The van der Waals surface area contributed by atoms with Gasteiger partial charge in [-0.25, -0.2) is 0 Å². The van der Waals surface area contributed by atoms with Gasteiger partial charge < -0.3 is 9.84 Å². The maximum atomic E-state index is 10.7. The minimum atomic E-state index is -0.764. The maximum absolute atomic E-state index is 10.7. The number of methoxy groups -OCH3 is 1. The van der Waals surface area contributed by atoms with E-state index in [0.717, 1.165) is 33.6 Å². The summed E-state index contributed by atoms with van der Waals surface area (Å²) < 4.78 is 5.42. The Morgan fingerprint density at radius 2 is 1.75 bits per heavy atom. The highest BCUT2D eigenvalue weighted by molar-refractivity contribution is 5.48. The second kappa shape index (κ2) is 5.59. The van der Waals surface area contributed by atoms with Crippen LogP contribution in [0, 0.1) is 27.7 Å². The van der Waals surface area contributed by atoms with E-state index in [0.29, 0.717) is 5.75 Å². The first kappa shape index (κ1) is 14.5. The molecule has 2 rings (SSSR count). The summed E-state index contributed by atoms with van der Waals surface area (Å²) >= 11 is 0. The normalized spacial score (nSPS) is 12.3. The van der Waals surface area contributed by atoms with E-state index in [-0.39, 0.29) is 0 Å². The van der Waals surface area contributed by atoms with Crippen molar-refractivity contribution in [2.45, 2.75) is 33.8 Å². The van der Waals surface area contributed by atoms with Crippen molar-refractivity contribution in [3.63, 3.8) is 0 Å². The summed E-state index contributed by atoms with van der Waals surface area (Å²) in [7, 11) is 1.62. The standard InChI is InChI=1S/C16H20N2O2/c1-9-6-10(2)15(14(7-9)20-5)16(19)13-8-11(3)17-18-12(13)4/h6-8,16,19H,1-5H3. The van der Waals surface area contributed by atoms with E-state index in [1.165, 1.54) is 0 Å². The largest absolute Gasteiger partial charge is 0.496 e. The molecule has 1 unspecified atom stereocenters. The van der Waals surface area contributed by atoms with Gasteiger partial charge in [0.2, 0.25) is 0 Å². The molecule has 0 bridgehead atoms. The van der Waals surface area contributed by atoms with E-state index in [1.54, 1.807) is 7.11 Å². The molecule has 0 aliphatic carbocycles. The molecule has 4 nitrogen and oxygen atoms in total. The predicted molar refractivity (Wildman–Crippen MR) is 78.0 cm³/mol. The van der Waals surface area contributed by atoms with Crippen LogP contribution in [0.4, 0.5) is 0 Å². The summed E-state index contributed by atoms with van der Waals surface area (Å²) in [6, 6.07) is 5.84. The fourth-order valence-corrected chi connectivity index (χ4v) is 2.46. The first-order valence-electron chi connectivity index (χ1n) is 6.58. The van der Waals surface area contributed by atoms with Crippen molar-refractivity contribution < 1.29 is 9.84 Å². The van der Waals surface area contributed by atoms with Crippen LogP contribution >= 0.6 is 0 Å². The fourth-order valence-electron chi connectivity index (χ4n) is 2.46. The number of hydrogen-bond donors (Lipinski definition) is 1. The number of aliphatic hydroxyl groups excluding tert-OH is 1. The van der Waals surface area contributed by atoms with E-state index < -0.39 is 6.10 Å². The van der Waals surface area contributed by atoms with E-state index >= 15 is 0 Å². The van der Waals surface area contributed by atoms with Crippen molar-refractivity contribution >= 4 is 0 Å². The average molecular weight is 272 g/mol. The first-order valence-corrected chi connectivity index (χ1v) is 6.58. The van der Waals surface area contributed by atoms with Crippen LogP contribution < -0.4 is 4.74 Å². The van der Waals surface area contributed by atoms with Crippen molar-refractivity contribution in [2.75, 3.05) is 7.11 Å². The Hall–Kier alpha value is -1.94. The van der Waals surface area contributed by atoms with Gasteiger partial charge in [-0.3, -0.25) is 0 Å². The molecule has 0 amide bonds. The number of rotatable bonds is 3. The zero-order valence-corrected chi connectivity index (χ0v) is 12.6. The molecular weight excluding hydrogens is 252 g/mol. The smallest absolute Gasteiger partial charge is 0.125 e.